The molecule has 2 unspecified atom stereocenters. The number of nitrogens with zero attached hydrogens (tertiary/aromatic N) is 2. The third kappa shape index (κ3) is 2.52. The Balaban J connectivity index is 1.81. The molecule has 0 aromatic carbocycles. The van der Waals surface area contributed by atoms with Gasteiger partial charge >= 0.3 is 0 Å². The topological polar surface area (TPSA) is 26.7 Å². The van der Waals surface area contributed by atoms with Crippen molar-refractivity contribution in [3.63, 3.8) is 0 Å². The smallest absolute Gasteiger partial charge is 0.0460 e. The van der Waals surface area contributed by atoms with Crippen molar-refractivity contribution in [2.75, 3.05) is 33.3 Å². The van der Waals surface area contributed by atoms with Crippen LogP contribution >= 0.6 is 0 Å². The highest BCUT2D eigenvalue weighted by Crippen LogP contribution is 2.25. The number of aliphatic hydroxyl groups is 1. The summed E-state index contributed by atoms with van der Waals surface area (Å²) in [5.74, 6) is 0.567. The van der Waals surface area contributed by atoms with E-state index in [2.05, 4.69) is 23.8 Å². The largest absolute Gasteiger partial charge is 0.396 e. The van der Waals surface area contributed by atoms with Gasteiger partial charge in [-0.05, 0) is 52.2 Å². The Labute approximate surface area is 93.1 Å². The number of rotatable bonds is 2. The lowest BCUT2D eigenvalue weighted by Crippen LogP contribution is -2.43. The zero-order valence-corrected chi connectivity index (χ0v) is 10.0. The summed E-state index contributed by atoms with van der Waals surface area (Å²) >= 11 is 0. The second-order valence-electron chi connectivity index (χ2n) is 5.34. The molecule has 2 saturated heterocycles. The Hall–Kier alpha value is -0.120. The molecule has 2 rings (SSSR count). The number of likely N-dealkylation sites (N-methyl/N-ethyl adjacent to an activating group) is 1. The van der Waals surface area contributed by atoms with Crippen LogP contribution in [0.2, 0.25) is 0 Å². The maximum atomic E-state index is 9.10. The highest BCUT2D eigenvalue weighted by molar-refractivity contribution is 4.88. The van der Waals surface area contributed by atoms with E-state index in [1.165, 1.54) is 38.9 Å². The zero-order valence-electron chi connectivity index (χ0n) is 10.0. The lowest BCUT2D eigenvalue weighted by atomic mass is 9.96. The number of hydrogen-bond donors (Lipinski definition) is 1. The average Bonchev–Trinajstić information content (AvgIpc) is 2.59. The second-order valence-corrected chi connectivity index (χ2v) is 5.34. The molecule has 0 aromatic rings. The minimum Gasteiger partial charge on any atom is -0.396 e. The minimum atomic E-state index is 0.384. The lowest BCUT2D eigenvalue weighted by Gasteiger charge is -2.35. The van der Waals surface area contributed by atoms with Crippen molar-refractivity contribution in [2.45, 2.75) is 38.3 Å². The van der Waals surface area contributed by atoms with Gasteiger partial charge in [-0.2, -0.15) is 0 Å². The predicted molar refractivity (Wildman–Crippen MR) is 61.9 cm³/mol. The van der Waals surface area contributed by atoms with Crippen molar-refractivity contribution in [3.8, 4) is 0 Å². The first-order valence-electron chi connectivity index (χ1n) is 6.26. The fraction of sp³-hybridized carbons (Fsp3) is 1.00. The van der Waals surface area contributed by atoms with Crippen LogP contribution in [0.1, 0.15) is 26.2 Å². The lowest BCUT2D eigenvalue weighted by molar-refractivity contribution is 0.103. The summed E-state index contributed by atoms with van der Waals surface area (Å²) in [6.45, 7) is 6.31. The normalized spacial score (nSPS) is 36.2. The van der Waals surface area contributed by atoms with Crippen molar-refractivity contribution < 1.29 is 5.11 Å². The molecule has 0 spiro atoms. The van der Waals surface area contributed by atoms with Crippen molar-refractivity contribution in [2.24, 2.45) is 5.92 Å². The van der Waals surface area contributed by atoms with Crippen LogP contribution in [0, 0.1) is 5.92 Å². The molecule has 1 N–H and O–H groups in total. The maximum absolute atomic E-state index is 9.10. The van der Waals surface area contributed by atoms with Gasteiger partial charge in [0.1, 0.15) is 0 Å². The fourth-order valence-electron chi connectivity index (χ4n) is 2.93. The minimum absolute atomic E-state index is 0.384. The second kappa shape index (κ2) is 4.81. The highest BCUT2D eigenvalue weighted by Gasteiger charge is 2.32. The van der Waals surface area contributed by atoms with Gasteiger partial charge in [-0.25, -0.2) is 0 Å². The van der Waals surface area contributed by atoms with Gasteiger partial charge in [-0.15, -0.1) is 0 Å². The SMILES string of the molecule is CC1CC(N2CCC(CO)CC2)CN1C. The summed E-state index contributed by atoms with van der Waals surface area (Å²) in [6, 6.07) is 1.51. The van der Waals surface area contributed by atoms with E-state index >= 15 is 0 Å². The van der Waals surface area contributed by atoms with Gasteiger partial charge in [-0.3, -0.25) is 4.90 Å². The Morgan fingerprint density at radius 1 is 1.27 bits per heavy atom. The molecule has 2 aliphatic rings. The summed E-state index contributed by atoms with van der Waals surface area (Å²) in [5.41, 5.74) is 0. The first-order chi connectivity index (χ1) is 7.20. The zero-order chi connectivity index (χ0) is 10.8. The molecule has 2 fully saturated rings. The number of likely N-dealkylation sites (tertiary alicyclic amines) is 2. The van der Waals surface area contributed by atoms with Crippen LogP contribution in [0.4, 0.5) is 0 Å². The molecule has 0 saturated carbocycles. The van der Waals surface area contributed by atoms with Gasteiger partial charge in [0.05, 0.1) is 0 Å². The molecule has 0 bridgehead atoms. The molecule has 15 heavy (non-hydrogen) atoms. The molecule has 3 heteroatoms. The molecule has 88 valence electrons. The van der Waals surface area contributed by atoms with Gasteiger partial charge in [0.2, 0.25) is 0 Å². The maximum Gasteiger partial charge on any atom is 0.0460 e. The van der Waals surface area contributed by atoms with Crippen LogP contribution in [-0.2, 0) is 0 Å². The van der Waals surface area contributed by atoms with Crippen molar-refractivity contribution in [1.82, 2.24) is 9.80 Å². The van der Waals surface area contributed by atoms with Crippen LogP contribution in [0.25, 0.3) is 0 Å². The Morgan fingerprint density at radius 3 is 2.40 bits per heavy atom. The molecule has 2 heterocycles. The number of piperidine rings is 1. The van der Waals surface area contributed by atoms with Crippen molar-refractivity contribution in [3.05, 3.63) is 0 Å². The van der Waals surface area contributed by atoms with Crippen LogP contribution < -0.4 is 0 Å². The van der Waals surface area contributed by atoms with Crippen molar-refractivity contribution >= 4 is 0 Å². The third-order valence-electron chi connectivity index (χ3n) is 4.29. The summed E-state index contributed by atoms with van der Waals surface area (Å²) in [7, 11) is 2.23. The van der Waals surface area contributed by atoms with Gasteiger partial charge in [0.15, 0.2) is 0 Å². The van der Waals surface area contributed by atoms with Crippen molar-refractivity contribution in [1.29, 1.82) is 0 Å². The monoisotopic (exact) mass is 212 g/mol. The van der Waals surface area contributed by atoms with Gasteiger partial charge in [-0.1, -0.05) is 0 Å². The van der Waals surface area contributed by atoms with E-state index in [1.54, 1.807) is 0 Å². The first-order valence-corrected chi connectivity index (χ1v) is 6.26. The average molecular weight is 212 g/mol. The fourth-order valence-corrected chi connectivity index (χ4v) is 2.93. The van der Waals surface area contributed by atoms with E-state index < -0.39 is 0 Å². The van der Waals surface area contributed by atoms with E-state index in [-0.39, 0.29) is 0 Å². The standard InChI is InChI=1S/C12H24N2O/c1-10-7-12(8-13(10)2)14-5-3-11(9-15)4-6-14/h10-12,15H,3-9H2,1-2H3. The van der Waals surface area contributed by atoms with E-state index in [0.29, 0.717) is 12.5 Å². The van der Waals surface area contributed by atoms with Crippen LogP contribution in [0.3, 0.4) is 0 Å². The summed E-state index contributed by atoms with van der Waals surface area (Å²) in [6.07, 6.45) is 3.69. The Kier molecular flexibility index (Phi) is 3.65. The predicted octanol–water partition coefficient (Wildman–Crippen LogP) is 0.783. The van der Waals surface area contributed by atoms with E-state index in [9.17, 15) is 0 Å². The van der Waals surface area contributed by atoms with Crippen LogP contribution in [0.15, 0.2) is 0 Å². The van der Waals surface area contributed by atoms with Crippen LogP contribution in [-0.4, -0.2) is 60.3 Å². The summed E-state index contributed by atoms with van der Waals surface area (Å²) in [4.78, 5) is 5.09. The first kappa shape index (κ1) is 11.4. The van der Waals surface area contributed by atoms with E-state index in [0.717, 1.165) is 12.1 Å². The van der Waals surface area contributed by atoms with Gasteiger partial charge < -0.3 is 10.0 Å². The molecule has 3 nitrogen and oxygen atoms in total. The molecule has 0 aromatic heterocycles. The van der Waals surface area contributed by atoms with E-state index in [4.69, 9.17) is 5.11 Å². The molecular formula is C12H24N2O. The molecule has 2 aliphatic heterocycles. The molecule has 0 radical (unpaired) electrons. The number of aliphatic hydroxyl groups excluding tert-OH is 1. The quantitative estimate of drug-likeness (QED) is 0.733. The molecule has 0 amide bonds. The molecule has 0 aliphatic carbocycles. The van der Waals surface area contributed by atoms with Crippen LogP contribution in [0.5, 0.6) is 0 Å². The highest BCUT2D eigenvalue weighted by atomic mass is 16.3. The van der Waals surface area contributed by atoms with Gasteiger partial charge in [0.25, 0.3) is 0 Å². The van der Waals surface area contributed by atoms with Gasteiger partial charge in [0, 0.05) is 25.2 Å². The van der Waals surface area contributed by atoms with E-state index in [1.807, 2.05) is 0 Å². The summed E-state index contributed by atoms with van der Waals surface area (Å²) < 4.78 is 0. The molecule has 2 atom stereocenters. The number of hydrogen-bond acceptors (Lipinski definition) is 3. The Bertz CT molecular complexity index is 192. The third-order valence-corrected chi connectivity index (χ3v) is 4.29. The Morgan fingerprint density at radius 2 is 1.93 bits per heavy atom. The summed E-state index contributed by atoms with van der Waals surface area (Å²) in [5, 5.41) is 9.10. The molecular weight excluding hydrogens is 188 g/mol.